The normalized spacial score (nSPS) is 10.3. The highest BCUT2D eigenvalue weighted by Crippen LogP contribution is 2.25. The molecule has 0 aliphatic rings. The van der Waals surface area contributed by atoms with E-state index in [9.17, 15) is 20.1 Å². The van der Waals surface area contributed by atoms with Crippen LogP contribution in [0, 0.1) is 0 Å². The lowest BCUT2D eigenvalue weighted by atomic mass is 10.1. The first-order chi connectivity index (χ1) is 9.97. The van der Waals surface area contributed by atoms with Gasteiger partial charge in [-0.05, 0) is 42.3 Å². The van der Waals surface area contributed by atoms with E-state index >= 15 is 0 Å². The van der Waals surface area contributed by atoms with Gasteiger partial charge in [-0.15, -0.1) is 0 Å². The molecule has 0 radical (unpaired) electrons. The third kappa shape index (κ3) is 3.88. The topological polar surface area (TPSA) is 89.8 Å². The molecule has 1 amide bonds. The number of amides is 1. The van der Waals surface area contributed by atoms with E-state index in [2.05, 4.69) is 21.2 Å². The van der Waals surface area contributed by atoms with Gasteiger partial charge >= 0.3 is 0 Å². The molecule has 0 bridgehead atoms. The van der Waals surface area contributed by atoms with Crippen LogP contribution >= 0.6 is 15.9 Å². The minimum atomic E-state index is -0.378. The van der Waals surface area contributed by atoms with Gasteiger partial charge in [0, 0.05) is 11.0 Å². The summed E-state index contributed by atoms with van der Waals surface area (Å²) in [6.45, 7) is 0.342. The van der Waals surface area contributed by atoms with Crippen molar-refractivity contribution in [1.29, 1.82) is 0 Å². The molecule has 0 aliphatic heterocycles. The van der Waals surface area contributed by atoms with Gasteiger partial charge in [-0.2, -0.15) is 0 Å². The first kappa shape index (κ1) is 15.2. The van der Waals surface area contributed by atoms with E-state index in [1.54, 1.807) is 12.1 Å². The number of nitrogens with one attached hydrogen (secondary N) is 1. The molecule has 4 N–H and O–H groups in total. The SMILES string of the molecule is O=C(NCCc1ccc(O)c(O)c1)c1cc(Br)ccc1O. The van der Waals surface area contributed by atoms with E-state index in [4.69, 9.17) is 0 Å². The van der Waals surface area contributed by atoms with Crippen LogP contribution in [-0.2, 0) is 6.42 Å². The van der Waals surface area contributed by atoms with Gasteiger partial charge < -0.3 is 20.6 Å². The predicted molar refractivity (Wildman–Crippen MR) is 81.6 cm³/mol. The zero-order valence-electron chi connectivity index (χ0n) is 11.0. The van der Waals surface area contributed by atoms with Crippen LogP contribution in [0.4, 0.5) is 0 Å². The first-order valence-electron chi connectivity index (χ1n) is 6.25. The fourth-order valence-corrected chi connectivity index (χ4v) is 2.19. The largest absolute Gasteiger partial charge is 0.507 e. The van der Waals surface area contributed by atoms with Gasteiger partial charge in [0.15, 0.2) is 11.5 Å². The summed E-state index contributed by atoms with van der Waals surface area (Å²) in [6.07, 6.45) is 0.494. The van der Waals surface area contributed by atoms with E-state index < -0.39 is 0 Å². The van der Waals surface area contributed by atoms with Gasteiger partial charge in [0.2, 0.25) is 0 Å². The van der Waals surface area contributed by atoms with Crippen LogP contribution in [0.5, 0.6) is 17.2 Å². The van der Waals surface area contributed by atoms with Crippen molar-refractivity contribution in [3.05, 3.63) is 52.0 Å². The minimum Gasteiger partial charge on any atom is -0.507 e. The number of hydrogen-bond donors (Lipinski definition) is 4. The second-order valence-corrected chi connectivity index (χ2v) is 5.41. The third-order valence-electron chi connectivity index (χ3n) is 2.94. The molecular formula is C15H14BrNO4. The molecule has 0 aliphatic carbocycles. The van der Waals surface area contributed by atoms with Crippen LogP contribution in [0.15, 0.2) is 40.9 Å². The fraction of sp³-hybridized carbons (Fsp3) is 0.133. The Bertz CT molecular complexity index is 673. The van der Waals surface area contributed by atoms with Gasteiger partial charge in [0.1, 0.15) is 5.75 Å². The molecule has 2 aromatic rings. The minimum absolute atomic E-state index is 0.0852. The number of carbonyl (C=O) groups is 1. The van der Waals surface area contributed by atoms with Crippen LogP contribution in [-0.4, -0.2) is 27.8 Å². The van der Waals surface area contributed by atoms with Crippen molar-refractivity contribution in [2.45, 2.75) is 6.42 Å². The van der Waals surface area contributed by atoms with E-state index in [0.29, 0.717) is 17.4 Å². The summed E-state index contributed by atoms with van der Waals surface area (Å²) in [5, 5.41) is 30.9. The summed E-state index contributed by atoms with van der Waals surface area (Å²) in [4.78, 5) is 11.9. The van der Waals surface area contributed by atoms with Crippen LogP contribution in [0.1, 0.15) is 15.9 Å². The Hall–Kier alpha value is -2.21. The number of aromatic hydroxyl groups is 3. The molecular weight excluding hydrogens is 338 g/mol. The number of phenolic OH excluding ortho intramolecular Hbond substituents is 3. The van der Waals surface area contributed by atoms with E-state index in [-0.39, 0.29) is 28.7 Å². The average Bonchev–Trinajstić information content (AvgIpc) is 2.45. The lowest BCUT2D eigenvalue weighted by molar-refractivity contribution is 0.0951. The first-order valence-corrected chi connectivity index (χ1v) is 7.04. The van der Waals surface area contributed by atoms with Crippen molar-refractivity contribution in [2.24, 2.45) is 0 Å². The Labute approximate surface area is 130 Å². The zero-order chi connectivity index (χ0) is 15.4. The average molecular weight is 352 g/mol. The molecule has 0 heterocycles. The monoisotopic (exact) mass is 351 g/mol. The second-order valence-electron chi connectivity index (χ2n) is 4.49. The Morgan fingerprint density at radius 2 is 1.71 bits per heavy atom. The molecule has 6 heteroatoms. The second kappa shape index (κ2) is 6.49. The Kier molecular flexibility index (Phi) is 4.70. The van der Waals surface area contributed by atoms with Crippen molar-refractivity contribution in [2.75, 3.05) is 6.54 Å². The van der Waals surface area contributed by atoms with Gasteiger partial charge in [-0.3, -0.25) is 4.79 Å². The van der Waals surface area contributed by atoms with Gasteiger partial charge in [-0.1, -0.05) is 22.0 Å². The smallest absolute Gasteiger partial charge is 0.255 e. The van der Waals surface area contributed by atoms with Crippen LogP contribution in [0.25, 0.3) is 0 Å². The maximum absolute atomic E-state index is 11.9. The molecule has 0 saturated carbocycles. The molecule has 2 rings (SSSR count). The molecule has 21 heavy (non-hydrogen) atoms. The molecule has 2 aromatic carbocycles. The van der Waals surface area contributed by atoms with Crippen molar-refractivity contribution in [3.8, 4) is 17.2 Å². The molecule has 0 aromatic heterocycles. The molecule has 5 nitrogen and oxygen atoms in total. The summed E-state index contributed by atoms with van der Waals surface area (Å²) in [5.41, 5.74) is 0.974. The van der Waals surface area contributed by atoms with Gasteiger partial charge in [0.05, 0.1) is 5.56 Å². The Morgan fingerprint density at radius 1 is 1.00 bits per heavy atom. The molecule has 0 fully saturated rings. The summed E-state index contributed by atoms with van der Waals surface area (Å²) in [7, 11) is 0. The molecule has 110 valence electrons. The highest BCUT2D eigenvalue weighted by atomic mass is 79.9. The number of rotatable bonds is 4. The quantitative estimate of drug-likeness (QED) is 0.637. The van der Waals surface area contributed by atoms with Crippen LogP contribution in [0.3, 0.4) is 0 Å². The number of benzene rings is 2. The highest BCUT2D eigenvalue weighted by Gasteiger charge is 2.11. The summed E-state index contributed by atoms with van der Waals surface area (Å²) < 4.78 is 0.703. The Morgan fingerprint density at radius 3 is 2.43 bits per heavy atom. The van der Waals surface area contributed by atoms with Gasteiger partial charge in [0.25, 0.3) is 5.91 Å². The number of phenols is 3. The van der Waals surface area contributed by atoms with Crippen molar-refractivity contribution < 1.29 is 20.1 Å². The van der Waals surface area contributed by atoms with E-state index in [0.717, 1.165) is 5.56 Å². The standard InChI is InChI=1S/C15H14BrNO4/c16-10-2-4-12(18)11(8-10)15(21)17-6-5-9-1-3-13(19)14(20)7-9/h1-4,7-8,18-20H,5-6H2,(H,17,21). The predicted octanol–water partition coefficient (Wildman–Crippen LogP) is 2.54. The van der Waals surface area contributed by atoms with Crippen LogP contribution in [0.2, 0.25) is 0 Å². The van der Waals surface area contributed by atoms with Gasteiger partial charge in [-0.25, -0.2) is 0 Å². The van der Waals surface area contributed by atoms with Crippen molar-refractivity contribution >= 4 is 21.8 Å². The van der Waals surface area contributed by atoms with Crippen molar-refractivity contribution in [3.63, 3.8) is 0 Å². The molecule has 0 atom stereocenters. The number of carbonyl (C=O) groups excluding carboxylic acids is 1. The Balaban J connectivity index is 1.95. The number of hydrogen-bond acceptors (Lipinski definition) is 4. The maximum Gasteiger partial charge on any atom is 0.255 e. The molecule has 0 saturated heterocycles. The third-order valence-corrected chi connectivity index (χ3v) is 3.44. The highest BCUT2D eigenvalue weighted by molar-refractivity contribution is 9.10. The lowest BCUT2D eigenvalue weighted by Gasteiger charge is -2.08. The number of halogens is 1. The van der Waals surface area contributed by atoms with E-state index in [1.165, 1.54) is 24.3 Å². The summed E-state index contributed by atoms with van der Waals surface area (Å²) in [5.74, 6) is -0.833. The summed E-state index contributed by atoms with van der Waals surface area (Å²) >= 11 is 3.24. The lowest BCUT2D eigenvalue weighted by Crippen LogP contribution is -2.25. The summed E-state index contributed by atoms with van der Waals surface area (Å²) in [6, 6.07) is 9.13. The van der Waals surface area contributed by atoms with E-state index in [1.807, 2.05) is 0 Å². The zero-order valence-corrected chi connectivity index (χ0v) is 12.6. The fourth-order valence-electron chi connectivity index (χ4n) is 1.83. The molecule has 0 spiro atoms. The van der Waals surface area contributed by atoms with Crippen LogP contribution < -0.4 is 5.32 Å². The maximum atomic E-state index is 11.9. The van der Waals surface area contributed by atoms with Crippen molar-refractivity contribution in [1.82, 2.24) is 5.32 Å². The molecule has 0 unspecified atom stereocenters.